The molecule has 0 spiro atoms. The van der Waals surface area contributed by atoms with E-state index in [2.05, 4.69) is 9.71 Å². The van der Waals surface area contributed by atoms with Crippen molar-refractivity contribution in [1.82, 2.24) is 4.98 Å². The molecule has 7 heteroatoms. The van der Waals surface area contributed by atoms with Crippen LogP contribution >= 0.6 is 0 Å². The van der Waals surface area contributed by atoms with Crippen LogP contribution in [0.3, 0.4) is 0 Å². The summed E-state index contributed by atoms with van der Waals surface area (Å²) in [5.74, 6) is -0.223. The molecule has 0 aliphatic rings. The van der Waals surface area contributed by atoms with Gasteiger partial charge in [-0.15, -0.1) is 0 Å². The van der Waals surface area contributed by atoms with Crippen LogP contribution in [0.15, 0.2) is 47.4 Å². The number of anilines is 1. The topological polar surface area (TPSA) is 68.3 Å². The summed E-state index contributed by atoms with van der Waals surface area (Å²) in [7, 11) is -3.80. The number of nitrogens with zero attached hydrogens (tertiary/aromatic N) is 1. The number of ether oxygens (including phenoxy) is 1. The zero-order chi connectivity index (χ0) is 15.3. The lowest BCUT2D eigenvalue weighted by molar-refractivity contribution is 0.317. The number of pyridine rings is 1. The first-order valence-corrected chi connectivity index (χ1v) is 7.88. The molecule has 0 amide bonds. The maximum Gasteiger partial charge on any atom is 0.263 e. The fraction of sp³-hybridized carbons (Fsp3) is 0.214. The van der Waals surface area contributed by atoms with Crippen LogP contribution in [-0.4, -0.2) is 20.0 Å². The maximum absolute atomic E-state index is 13.0. The largest absolute Gasteiger partial charge is 0.494 e. The van der Waals surface area contributed by atoms with E-state index in [4.69, 9.17) is 4.74 Å². The number of hydrogen-bond acceptors (Lipinski definition) is 4. The molecule has 21 heavy (non-hydrogen) atoms. The van der Waals surface area contributed by atoms with Gasteiger partial charge in [-0.05, 0) is 42.8 Å². The summed E-state index contributed by atoms with van der Waals surface area (Å²) < 4.78 is 44.8. The smallest absolute Gasteiger partial charge is 0.263 e. The number of hydrogen-bond donors (Lipinski definition) is 1. The van der Waals surface area contributed by atoms with Crippen LogP contribution in [0.4, 0.5) is 10.2 Å². The molecule has 0 radical (unpaired) electrons. The molecule has 2 aromatic rings. The molecule has 0 aliphatic carbocycles. The minimum atomic E-state index is -3.80. The van der Waals surface area contributed by atoms with Gasteiger partial charge in [0.1, 0.15) is 11.6 Å². The second kappa shape index (κ2) is 6.53. The molecular formula is C14H15FN2O3S. The van der Waals surface area contributed by atoms with Crippen LogP contribution in [0.5, 0.6) is 5.75 Å². The quantitative estimate of drug-likeness (QED) is 0.833. The summed E-state index contributed by atoms with van der Waals surface area (Å²) >= 11 is 0. The summed E-state index contributed by atoms with van der Waals surface area (Å²) in [6.07, 6.45) is 0.868. The molecule has 0 saturated carbocycles. The average molecular weight is 310 g/mol. The molecule has 0 unspecified atom stereocenters. The number of rotatable bonds is 6. The molecule has 0 bridgehead atoms. The SMILES string of the molecule is CCCOc1ccc(S(=O)(=O)Nc2cccc(F)n2)cc1. The van der Waals surface area contributed by atoms with Crippen molar-refractivity contribution < 1.29 is 17.5 Å². The molecule has 5 nitrogen and oxygen atoms in total. The van der Waals surface area contributed by atoms with Crippen molar-refractivity contribution in [3.05, 3.63) is 48.4 Å². The van der Waals surface area contributed by atoms with Crippen LogP contribution in [0.1, 0.15) is 13.3 Å². The van der Waals surface area contributed by atoms with Gasteiger partial charge in [-0.25, -0.2) is 13.4 Å². The average Bonchev–Trinajstić information content (AvgIpc) is 2.45. The highest BCUT2D eigenvalue weighted by molar-refractivity contribution is 7.92. The second-order valence-corrected chi connectivity index (χ2v) is 5.95. The van der Waals surface area contributed by atoms with Crippen molar-refractivity contribution in [2.75, 3.05) is 11.3 Å². The third kappa shape index (κ3) is 4.16. The second-order valence-electron chi connectivity index (χ2n) is 4.27. The Bertz CT molecular complexity index is 702. The first-order chi connectivity index (χ1) is 10.0. The fourth-order valence-corrected chi connectivity index (χ4v) is 2.60. The molecule has 112 valence electrons. The van der Waals surface area contributed by atoms with Gasteiger partial charge in [-0.2, -0.15) is 4.39 Å². The Kier molecular flexibility index (Phi) is 4.74. The molecule has 0 aliphatic heterocycles. The Morgan fingerprint density at radius 2 is 1.90 bits per heavy atom. The molecule has 1 heterocycles. The van der Waals surface area contributed by atoms with Crippen molar-refractivity contribution in [2.24, 2.45) is 0 Å². The molecule has 1 aromatic carbocycles. The third-order valence-electron chi connectivity index (χ3n) is 2.56. The number of sulfonamides is 1. The van der Waals surface area contributed by atoms with Crippen molar-refractivity contribution in [1.29, 1.82) is 0 Å². The molecule has 1 N–H and O–H groups in total. The lowest BCUT2D eigenvalue weighted by atomic mass is 10.3. The monoisotopic (exact) mass is 310 g/mol. The van der Waals surface area contributed by atoms with E-state index in [1.165, 1.54) is 24.3 Å². The highest BCUT2D eigenvalue weighted by Crippen LogP contribution is 2.18. The highest BCUT2D eigenvalue weighted by Gasteiger charge is 2.15. The van der Waals surface area contributed by atoms with E-state index in [0.717, 1.165) is 12.5 Å². The Morgan fingerprint density at radius 3 is 2.52 bits per heavy atom. The Labute approximate surface area is 122 Å². The summed E-state index contributed by atoms with van der Waals surface area (Å²) in [4.78, 5) is 3.51. The zero-order valence-electron chi connectivity index (χ0n) is 11.4. The molecule has 0 saturated heterocycles. The van der Waals surface area contributed by atoms with Gasteiger partial charge in [-0.3, -0.25) is 4.72 Å². The minimum Gasteiger partial charge on any atom is -0.494 e. The van der Waals surface area contributed by atoms with Gasteiger partial charge in [0.2, 0.25) is 5.95 Å². The van der Waals surface area contributed by atoms with Crippen molar-refractivity contribution in [3.63, 3.8) is 0 Å². The van der Waals surface area contributed by atoms with Gasteiger partial charge in [0.05, 0.1) is 11.5 Å². The van der Waals surface area contributed by atoms with Gasteiger partial charge in [0.25, 0.3) is 10.0 Å². The zero-order valence-corrected chi connectivity index (χ0v) is 12.2. The van der Waals surface area contributed by atoms with Crippen molar-refractivity contribution in [3.8, 4) is 5.75 Å². The third-order valence-corrected chi connectivity index (χ3v) is 3.93. The van der Waals surface area contributed by atoms with Crippen LogP contribution in [0, 0.1) is 5.95 Å². The Morgan fingerprint density at radius 1 is 1.19 bits per heavy atom. The van der Waals surface area contributed by atoms with Crippen LogP contribution in [0.25, 0.3) is 0 Å². The van der Waals surface area contributed by atoms with Crippen LogP contribution in [-0.2, 0) is 10.0 Å². The maximum atomic E-state index is 13.0. The summed E-state index contributed by atoms with van der Waals surface area (Å²) in [5.41, 5.74) is 0. The van der Waals surface area contributed by atoms with Crippen LogP contribution < -0.4 is 9.46 Å². The van der Waals surface area contributed by atoms with E-state index < -0.39 is 16.0 Å². The van der Waals surface area contributed by atoms with Crippen molar-refractivity contribution >= 4 is 15.8 Å². The molecule has 0 fully saturated rings. The Hall–Kier alpha value is -2.15. The van der Waals surface area contributed by atoms with E-state index in [-0.39, 0.29) is 10.7 Å². The molecule has 0 atom stereocenters. The van der Waals surface area contributed by atoms with E-state index in [1.54, 1.807) is 12.1 Å². The highest BCUT2D eigenvalue weighted by atomic mass is 32.2. The summed E-state index contributed by atoms with van der Waals surface area (Å²) in [6.45, 7) is 2.55. The van der Waals surface area contributed by atoms with Crippen LogP contribution in [0.2, 0.25) is 0 Å². The van der Waals surface area contributed by atoms with Gasteiger partial charge in [0.15, 0.2) is 0 Å². The lowest BCUT2D eigenvalue weighted by Crippen LogP contribution is -2.14. The first kappa shape index (κ1) is 15.2. The normalized spacial score (nSPS) is 11.1. The molecular weight excluding hydrogens is 295 g/mol. The predicted molar refractivity (Wildman–Crippen MR) is 77.2 cm³/mol. The van der Waals surface area contributed by atoms with E-state index in [1.807, 2.05) is 6.92 Å². The number of benzene rings is 1. The first-order valence-electron chi connectivity index (χ1n) is 6.39. The van der Waals surface area contributed by atoms with Gasteiger partial charge in [0, 0.05) is 0 Å². The van der Waals surface area contributed by atoms with E-state index in [9.17, 15) is 12.8 Å². The lowest BCUT2D eigenvalue weighted by Gasteiger charge is -2.08. The standard InChI is InChI=1S/C14H15FN2O3S/c1-2-10-20-11-6-8-12(9-7-11)21(18,19)17-14-5-3-4-13(15)16-14/h3-9H,2,10H2,1H3,(H,16,17). The van der Waals surface area contributed by atoms with Crippen molar-refractivity contribution in [2.45, 2.75) is 18.2 Å². The summed E-state index contributed by atoms with van der Waals surface area (Å²) in [5, 5.41) is 0. The van der Waals surface area contributed by atoms with Gasteiger partial charge < -0.3 is 4.74 Å². The molecule has 1 aromatic heterocycles. The van der Waals surface area contributed by atoms with E-state index >= 15 is 0 Å². The minimum absolute atomic E-state index is 0.0532. The number of halogens is 1. The molecule has 2 rings (SSSR count). The fourth-order valence-electron chi connectivity index (χ4n) is 1.60. The summed E-state index contributed by atoms with van der Waals surface area (Å²) in [6, 6.07) is 9.88. The number of nitrogens with one attached hydrogen (secondary N) is 1. The Balaban J connectivity index is 2.15. The van der Waals surface area contributed by atoms with E-state index in [0.29, 0.717) is 12.4 Å². The number of aromatic nitrogens is 1. The van der Waals surface area contributed by atoms with Gasteiger partial charge >= 0.3 is 0 Å². The van der Waals surface area contributed by atoms with Gasteiger partial charge in [-0.1, -0.05) is 13.0 Å². The predicted octanol–water partition coefficient (Wildman–Crippen LogP) is 2.81.